The van der Waals surface area contributed by atoms with Crippen LogP contribution in [-0.4, -0.2) is 12.6 Å². The summed E-state index contributed by atoms with van der Waals surface area (Å²) in [5.41, 5.74) is 0.482. The Balaban J connectivity index is 0.00000529. The van der Waals surface area contributed by atoms with Crippen LogP contribution in [-0.2, 0) is 16.1 Å². The number of pyridine rings is 1. The van der Waals surface area contributed by atoms with Crippen LogP contribution in [0.25, 0.3) is 0 Å². The Kier molecular flexibility index (Phi) is 14.3. The summed E-state index contributed by atoms with van der Waals surface area (Å²) in [5, 5.41) is 0. The highest BCUT2D eigenvalue weighted by molar-refractivity contribution is 5.86. The van der Waals surface area contributed by atoms with Crippen LogP contribution in [0.5, 0.6) is 0 Å². The van der Waals surface area contributed by atoms with Gasteiger partial charge in [0.2, 0.25) is 0 Å². The molecule has 24 heavy (non-hydrogen) atoms. The second kappa shape index (κ2) is 15.2. The molecule has 0 saturated heterocycles. The maximum atomic E-state index is 11.2. The first-order valence-electron chi connectivity index (χ1n) is 8.97. The third-order valence-electron chi connectivity index (χ3n) is 3.92. The average Bonchev–Trinajstić information content (AvgIpc) is 2.56. The minimum atomic E-state index is -0.265. The monoisotopic (exact) mass is 353 g/mol. The smallest absolute Gasteiger partial charge is 0.333 e. The number of rotatable bonds is 13. The summed E-state index contributed by atoms with van der Waals surface area (Å²) in [6.07, 6.45) is 15.5. The number of hydrogen-bond acceptors (Lipinski definition) is 2. The molecule has 4 heteroatoms. The van der Waals surface area contributed by atoms with Crippen LogP contribution in [0.4, 0.5) is 0 Å². The number of carbonyl (C=O) groups excluding carboxylic acids is 1. The SMILES string of the molecule is C=C(C)C(=O)OCCCCCCCCCCC[n+]1ccccc1.[Cl-]. The molecule has 1 heterocycles. The lowest BCUT2D eigenvalue weighted by Gasteiger charge is -2.04. The molecule has 0 spiro atoms. The fourth-order valence-electron chi connectivity index (χ4n) is 2.51. The standard InChI is InChI=1S/C20H32NO2.ClH/c1-19(2)20(22)23-18-14-9-7-5-3-4-6-8-11-15-21-16-12-10-13-17-21;/h10,12-13,16-17H,1,3-9,11,14-15,18H2,2H3;1H/q+1;/p-1. The van der Waals surface area contributed by atoms with Gasteiger partial charge in [0, 0.05) is 24.1 Å². The topological polar surface area (TPSA) is 30.2 Å². The third-order valence-corrected chi connectivity index (χ3v) is 3.92. The Morgan fingerprint density at radius 1 is 0.875 bits per heavy atom. The second-order valence-electron chi connectivity index (χ2n) is 6.21. The van der Waals surface area contributed by atoms with Gasteiger partial charge in [0.15, 0.2) is 12.4 Å². The fourth-order valence-corrected chi connectivity index (χ4v) is 2.51. The van der Waals surface area contributed by atoms with E-state index in [1.54, 1.807) is 6.92 Å². The number of aryl methyl sites for hydroxylation is 1. The summed E-state index contributed by atoms with van der Waals surface area (Å²) in [7, 11) is 0. The van der Waals surface area contributed by atoms with E-state index in [-0.39, 0.29) is 18.4 Å². The van der Waals surface area contributed by atoms with Crippen LogP contribution >= 0.6 is 0 Å². The Hall–Kier alpha value is -1.35. The van der Waals surface area contributed by atoms with Gasteiger partial charge in [-0.05, 0) is 19.8 Å². The molecule has 0 aromatic carbocycles. The molecule has 0 unspecified atom stereocenters. The lowest BCUT2D eigenvalue weighted by atomic mass is 10.1. The Morgan fingerprint density at radius 3 is 1.92 bits per heavy atom. The second-order valence-corrected chi connectivity index (χ2v) is 6.21. The number of hydrogen-bond donors (Lipinski definition) is 0. The fraction of sp³-hybridized carbons (Fsp3) is 0.600. The predicted molar refractivity (Wildman–Crippen MR) is 94.0 cm³/mol. The van der Waals surface area contributed by atoms with Crippen LogP contribution in [0.3, 0.4) is 0 Å². The van der Waals surface area contributed by atoms with Crippen LogP contribution in [0.2, 0.25) is 0 Å². The molecule has 136 valence electrons. The van der Waals surface area contributed by atoms with Crippen molar-refractivity contribution in [3.05, 3.63) is 42.7 Å². The van der Waals surface area contributed by atoms with Crippen LogP contribution in [0, 0.1) is 0 Å². The molecule has 0 aliphatic rings. The number of carbonyl (C=O) groups is 1. The molecule has 0 radical (unpaired) electrons. The number of ether oxygens (including phenoxy) is 1. The van der Waals surface area contributed by atoms with Gasteiger partial charge >= 0.3 is 5.97 Å². The van der Waals surface area contributed by atoms with Crippen molar-refractivity contribution in [3.63, 3.8) is 0 Å². The highest BCUT2D eigenvalue weighted by atomic mass is 35.5. The Bertz CT molecular complexity index is 448. The molecule has 0 fully saturated rings. The zero-order chi connectivity index (χ0) is 16.8. The number of unbranched alkanes of at least 4 members (excludes halogenated alkanes) is 8. The van der Waals surface area contributed by atoms with Crippen molar-refractivity contribution in [1.82, 2.24) is 0 Å². The predicted octanol–water partition coefficient (Wildman–Crippen LogP) is 1.61. The van der Waals surface area contributed by atoms with Gasteiger partial charge in [-0.25, -0.2) is 9.36 Å². The molecule has 0 amide bonds. The Labute approximate surface area is 153 Å². The summed E-state index contributed by atoms with van der Waals surface area (Å²) >= 11 is 0. The normalized spacial score (nSPS) is 10.0. The first kappa shape index (κ1) is 22.6. The van der Waals surface area contributed by atoms with Crippen molar-refractivity contribution < 1.29 is 26.5 Å². The molecule has 1 aromatic heterocycles. The molecule has 3 nitrogen and oxygen atoms in total. The van der Waals surface area contributed by atoms with Crippen molar-refractivity contribution in [2.24, 2.45) is 0 Å². The molecule has 1 aromatic rings. The summed E-state index contributed by atoms with van der Waals surface area (Å²) in [6.45, 7) is 6.91. The van der Waals surface area contributed by atoms with E-state index in [1.165, 1.54) is 44.9 Å². The maximum absolute atomic E-state index is 11.2. The van der Waals surface area contributed by atoms with E-state index in [0.29, 0.717) is 12.2 Å². The molecule has 1 rings (SSSR count). The van der Waals surface area contributed by atoms with E-state index < -0.39 is 0 Å². The molecular weight excluding hydrogens is 322 g/mol. The quantitative estimate of drug-likeness (QED) is 0.233. The van der Waals surface area contributed by atoms with Crippen LogP contribution in [0.1, 0.15) is 64.7 Å². The van der Waals surface area contributed by atoms with E-state index >= 15 is 0 Å². The largest absolute Gasteiger partial charge is 1.00 e. The summed E-state index contributed by atoms with van der Waals surface area (Å²) in [5.74, 6) is -0.265. The highest BCUT2D eigenvalue weighted by Crippen LogP contribution is 2.10. The lowest BCUT2D eigenvalue weighted by molar-refractivity contribution is -0.697. The summed E-state index contributed by atoms with van der Waals surface area (Å²) in [6, 6.07) is 6.22. The van der Waals surface area contributed by atoms with Crippen molar-refractivity contribution in [2.75, 3.05) is 6.61 Å². The number of esters is 1. The van der Waals surface area contributed by atoms with E-state index in [1.807, 2.05) is 0 Å². The molecule has 0 bridgehead atoms. The van der Waals surface area contributed by atoms with Gasteiger partial charge in [0.25, 0.3) is 0 Å². The van der Waals surface area contributed by atoms with Gasteiger partial charge in [-0.1, -0.05) is 51.2 Å². The molecule has 0 saturated carbocycles. The Morgan fingerprint density at radius 2 is 1.38 bits per heavy atom. The van der Waals surface area contributed by atoms with Crippen LogP contribution in [0.15, 0.2) is 42.7 Å². The molecule has 0 atom stereocenters. The third kappa shape index (κ3) is 12.1. The number of aromatic nitrogens is 1. The summed E-state index contributed by atoms with van der Waals surface area (Å²) < 4.78 is 7.32. The maximum Gasteiger partial charge on any atom is 0.333 e. The van der Waals surface area contributed by atoms with E-state index in [4.69, 9.17) is 4.74 Å². The number of nitrogens with zero attached hydrogens (tertiary/aromatic N) is 1. The van der Waals surface area contributed by atoms with Gasteiger partial charge in [-0.15, -0.1) is 0 Å². The van der Waals surface area contributed by atoms with Crippen molar-refractivity contribution >= 4 is 5.97 Å². The van der Waals surface area contributed by atoms with E-state index in [0.717, 1.165) is 19.4 Å². The molecule has 0 aliphatic carbocycles. The summed E-state index contributed by atoms with van der Waals surface area (Å²) in [4.78, 5) is 11.2. The van der Waals surface area contributed by atoms with Gasteiger partial charge in [-0.2, -0.15) is 0 Å². The van der Waals surface area contributed by atoms with Gasteiger partial charge < -0.3 is 17.1 Å². The van der Waals surface area contributed by atoms with Crippen molar-refractivity contribution in [2.45, 2.75) is 71.3 Å². The minimum absolute atomic E-state index is 0. The number of halogens is 1. The van der Waals surface area contributed by atoms with Crippen LogP contribution < -0.4 is 17.0 Å². The van der Waals surface area contributed by atoms with E-state index in [9.17, 15) is 4.79 Å². The molecule has 0 N–H and O–H groups in total. The average molecular weight is 354 g/mol. The van der Waals surface area contributed by atoms with Crippen molar-refractivity contribution in [1.29, 1.82) is 0 Å². The lowest BCUT2D eigenvalue weighted by Crippen LogP contribution is -3.00. The van der Waals surface area contributed by atoms with Gasteiger partial charge in [0.05, 0.1) is 6.61 Å². The minimum Gasteiger partial charge on any atom is -1.00 e. The molecule has 0 aliphatic heterocycles. The zero-order valence-electron chi connectivity index (χ0n) is 15.0. The molecular formula is C20H32ClNO2. The zero-order valence-corrected chi connectivity index (χ0v) is 15.8. The van der Waals surface area contributed by atoms with E-state index in [2.05, 4.69) is 41.7 Å². The van der Waals surface area contributed by atoms with Gasteiger partial charge in [0.1, 0.15) is 6.54 Å². The van der Waals surface area contributed by atoms with Gasteiger partial charge in [-0.3, -0.25) is 0 Å². The first-order valence-corrected chi connectivity index (χ1v) is 8.97. The first-order chi connectivity index (χ1) is 11.2. The van der Waals surface area contributed by atoms with Crippen molar-refractivity contribution in [3.8, 4) is 0 Å². The highest BCUT2D eigenvalue weighted by Gasteiger charge is 2.02.